The van der Waals surface area contributed by atoms with Crippen LogP contribution in [0, 0.1) is 6.92 Å². The van der Waals surface area contributed by atoms with Gasteiger partial charge < -0.3 is 9.47 Å². The van der Waals surface area contributed by atoms with Gasteiger partial charge in [-0.2, -0.15) is 0 Å². The molecule has 0 aliphatic rings. The van der Waals surface area contributed by atoms with Gasteiger partial charge >= 0.3 is 0 Å². The molecule has 1 aromatic carbocycles. The lowest BCUT2D eigenvalue weighted by Gasteiger charge is -2.11. The summed E-state index contributed by atoms with van der Waals surface area (Å²) < 4.78 is 12.0. The van der Waals surface area contributed by atoms with Crippen molar-refractivity contribution in [2.75, 3.05) is 7.11 Å². The van der Waals surface area contributed by atoms with Crippen molar-refractivity contribution in [2.45, 2.75) is 13.5 Å². The SMILES string of the molecule is COc1ncccc1COc1cc(Br)ccc1C. The molecule has 0 N–H and O–H groups in total. The van der Waals surface area contributed by atoms with Crippen molar-refractivity contribution in [3.05, 3.63) is 52.1 Å². The van der Waals surface area contributed by atoms with Gasteiger partial charge in [0.2, 0.25) is 5.88 Å². The monoisotopic (exact) mass is 307 g/mol. The summed E-state index contributed by atoms with van der Waals surface area (Å²) in [5.41, 5.74) is 2.03. The second kappa shape index (κ2) is 5.87. The maximum Gasteiger partial charge on any atom is 0.219 e. The molecular formula is C14H14BrNO2. The number of pyridine rings is 1. The van der Waals surface area contributed by atoms with E-state index in [0.717, 1.165) is 21.3 Å². The third-order valence-electron chi connectivity index (χ3n) is 2.58. The van der Waals surface area contributed by atoms with Crippen LogP contribution in [0.2, 0.25) is 0 Å². The van der Waals surface area contributed by atoms with E-state index >= 15 is 0 Å². The van der Waals surface area contributed by atoms with E-state index in [9.17, 15) is 0 Å². The van der Waals surface area contributed by atoms with Gasteiger partial charge in [-0.05, 0) is 36.8 Å². The fourth-order valence-corrected chi connectivity index (χ4v) is 1.94. The van der Waals surface area contributed by atoms with Gasteiger partial charge in [-0.15, -0.1) is 0 Å². The molecule has 0 amide bonds. The molecule has 18 heavy (non-hydrogen) atoms. The van der Waals surface area contributed by atoms with Crippen molar-refractivity contribution in [2.24, 2.45) is 0 Å². The zero-order valence-electron chi connectivity index (χ0n) is 10.3. The number of nitrogens with zero attached hydrogens (tertiary/aromatic N) is 1. The van der Waals surface area contributed by atoms with Crippen LogP contribution in [0.15, 0.2) is 41.0 Å². The van der Waals surface area contributed by atoms with Crippen LogP contribution >= 0.6 is 15.9 Å². The second-order valence-electron chi connectivity index (χ2n) is 3.87. The maximum absolute atomic E-state index is 5.80. The van der Waals surface area contributed by atoms with Crippen molar-refractivity contribution in [3.63, 3.8) is 0 Å². The Morgan fingerprint density at radius 3 is 2.89 bits per heavy atom. The Morgan fingerprint density at radius 1 is 1.28 bits per heavy atom. The summed E-state index contributed by atoms with van der Waals surface area (Å²) in [7, 11) is 1.61. The molecule has 0 unspecified atom stereocenters. The lowest BCUT2D eigenvalue weighted by molar-refractivity contribution is 0.292. The quantitative estimate of drug-likeness (QED) is 0.862. The molecule has 4 heteroatoms. The average molecular weight is 308 g/mol. The summed E-state index contributed by atoms with van der Waals surface area (Å²) in [6, 6.07) is 9.78. The molecule has 0 saturated carbocycles. The molecule has 0 aliphatic carbocycles. The van der Waals surface area contributed by atoms with Gasteiger partial charge in [-0.25, -0.2) is 4.98 Å². The Morgan fingerprint density at radius 2 is 2.11 bits per heavy atom. The predicted molar refractivity (Wildman–Crippen MR) is 74.0 cm³/mol. The Labute approximate surface area is 115 Å². The van der Waals surface area contributed by atoms with Gasteiger partial charge in [0.05, 0.1) is 12.7 Å². The van der Waals surface area contributed by atoms with Gasteiger partial charge in [0.1, 0.15) is 12.4 Å². The Hall–Kier alpha value is -1.55. The maximum atomic E-state index is 5.80. The standard InChI is InChI=1S/C14H14BrNO2/c1-10-5-6-12(15)8-13(10)18-9-11-4-3-7-16-14(11)17-2/h3-8H,9H2,1-2H3. The smallest absolute Gasteiger partial charge is 0.219 e. The van der Waals surface area contributed by atoms with Crippen LogP contribution in [0.1, 0.15) is 11.1 Å². The van der Waals surface area contributed by atoms with Crippen molar-refractivity contribution >= 4 is 15.9 Å². The first-order valence-corrected chi connectivity index (χ1v) is 6.37. The number of benzene rings is 1. The summed E-state index contributed by atoms with van der Waals surface area (Å²) in [5.74, 6) is 1.46. The summed E-state index contributed by atoms with van der Waals surface area (Å²) in [6.07, 6.45) is 1.70. The van der Waals surface area contributed by atoms with Crippen LogP contribution < -0.4 is 9.47 Å². The number of rotatable bonds is 4. The fourth-order valence-electron chi connectivity index (χ4n) is 1.60. The highest BCUT2D eigenvalue weighted by atomic mass is 79.9. The molecule has 3 nitrogen and oxygen atoms in total. The minimum Gasteiger partial charge on any atom is -0.488 e. The summed E-state index contributed by atoms with van der Waals surface area (Å²) in [5, 5.41) is 0. The third-order valence-corrected chi connectivity index (χ3v) is 3.07. The largest absolute Gasteiger partial charge is 0.488 e. The lowest BCUT2D eigenvalue weighted by Crippen LogP contribution is -2.01. The molecule has 0 radical (unpaired) electrons. The molecule has 0 aliphatic heterocycles. The third kappa shape index (κ3) is 3.01. The summed E-state index contributed by atoms with van der Waals surface area (Å²) >= 11 is 3.43. The molecule has 1 heterocycles. The Kier molecular flexibility index (Phi) is 4.20. The number of halogens is 1. The van der Waals surface area contributed by atoms with Crippen molar-refractivity contribution < 1.29 is 9.47 Å². The number of hydrogen-bond donors (Lipinski definition) is 0. The zero-order valence-corrected chi connectivity index (χ0v) is 11.9. The number of aromatic nitrogens is 1. The van der Waals surface area contributed by atoms with E-state index in [0.29, 0.717) is 12.5 Å². The molecule has 2 rings (SSSR count). The van der Waals surface area contributed by atoms with Crippen LogP contribution in [0.5, 0.6) is 11.6 Å². The van der Waals surface area contributed by atoms with Gasteiger partial charge in [-0.1, -0.05) is 22.0 Å². The van der Waals surface area contributed by atoms with E-state index in [1.165, 1.54) is 0 Å². The topological polar surface area (TPSA) is 31.4 Å². The molecule has 0 bridgehead atoms. The number of ether oxygens (including phenoxy) is 2. The molecular weight excluding hydrogens is 294 g/mol. The number of aryl methyl sites for hydroxylation is 1. The van der Waals surface area contributed by atoms with Crippen molar-refractivity contribution in [3.8, 4) is 11.6 Å². The predicted octanol–water partition coefficient (Wildman–Crippen LogP) is 3.74. The summed E-state index contributed by atoms with van der Waals surface area (Å²) in [6.45, 7) is 2.45. The van der Waals surface area contributed by atoms with E-state index in [4.69, 9.17) is 9.47 Å². The molecule has 1 aromatic heterocycles. The zero-order chi connectivity index (χ0) is 13.0. The molecule has 0 saturated heterocycles. The van der Waals surface area contributed by atoms with Crippen LogP contribution in [0.25, 0.3) is 0 Å². The normalized spacial score (nSPS) is 10.2. The molecule has 0 atom stereocenters. The van der Waals surface area contributed by atoms with E-state index in [1.54, 1.807) is 13.3 Å². The first-order chi connectivity index (χ1) is 8.70. The molecule has 94 valence electrons. The average Bonchev–Trinajstić information content (AvgIpc) is 2.40. The van der Waals surface area contributed by atoms with Crippen LogP contribution in [-0.2, 0) is 6.61 Å². The van der Waals surface area contributed by atoms with Gasteiger partial charge in [0.15, 0.2) is 0 Å². The van der Waals surface area contributed by atoms with Crippen LogP contribution in [0.3, 0.4) is 0 Å². The van der Waals surface area contributed by atoms with Crippen molar-refractivity contribution in [1.82, 2.24) is 4.98 Å². The van der Waals surface area contributed by atoms with Crippen LogP contribution in [0.4, 0.5) is 0 Å². The van der Waals surface area contributed by atoms with E-state index < -0.39 is 0 Å². The van der Waals surface area contributed by atoms with E-state index in [2.05, 4.69) is 20.9 Å². The highest BCUT2D eigenvalue weighted by Gasteiger charge is 2.06. The van der Waals surface area contributed by atoms with Gasteiger partial charge in [-0.3, -0.25) is 0 Å². The Balaban J connectivity index is 2.14. The highest BCUT2D eigenvalue weighted by molar-refractivity contribution is 9.10. The highest BCUT2D eigenvalue weighted by Crippen LogP contribution is 2.24. The minimum absolute atomic E-state index is 0.439. The molecule has 0 spiro atoms. The number of methoxy groups -OCH3 is 1. The Bertz CT molecular complexity index is 543. The van der Waals surface area contributed by atoms with Gasteiger partial charge in [0, 0.05) is 10.7 Å². The molecule has 2 aromatic rings. The van der Waals surface area contributed by atoms with Crippen molar-refractivity contribution in [1.29, 1.82) is 0 Å². The van der Waals surface area contributed by atoms with E-state index in [1.807, 2.05) is 37.3 Å². The lowest BCUT2D eigenvalue weighted by atomic mass is 10.2. The van der Waals surface area contributed by atoms with E-state index in [-0.39, 0.29) is 0 Å². The second-order valence-corrected chi connectivity index (χ2v) is 4.79. The minimum atomic E-state index is 0.439. The molecule has 0 fully saturated rings. The fraction of sp³-hybridized carbons (Fsp3) is 0.214. The number of hydrogen-bond acceptors (Lipinski definition) is 3. The summed E-state index contributed by atoms with van der Waals surface area (Å²) in [4.78, 5) is 4.14. The van der Waals surface area contributed by atoms with Crippen LogP contribution in [-0.4, -0.2) is 12.1 Å². The first kappa shape index (κ1) is 12.9. The first-order valence-electron chi connectivity index (χ1n) is 5.57. The van der Waals surface area contributed by atoms with Gasteiger partial charge in [0.25, 0.3) is 0 Å².